The first-order chi connectivity index (χ1) is 12.0. The Morgan fingerprint density at radius 1 is 0.800 bits per heavy atom. The monoisotopic (exact) mass is 342 g/mol. The Morgan fingerprint density at radius 2 is 1.44 bits per heavy atom. The molecule has 2 rings (SSSR count). The summed E-state index contributed by atoms with van der Waals surface area (Å²) in [7, 11) is 3.33. The molecule has 0 spiro atoms. The highest BCUT2D eigenvalue weighted by molar-refractivity contribution is 5.52. The Labute approximate surface area is 151 Å². The highest BCUT2D eigenvalue weighted by Gasteiger charge is 2.18. The third-order valence-electron chi connectivity index (χ3n) is 4.46. The van der Waals surface area contributed by atoms with Gasteiger partial charge in [0.25, 0.3) is 0 Å². The lowest BCUT2D eigenvalue weighted by molar-refractivity contribution is 0.294. The van der Waals surface area contributed by atoms with E-state index in [2.05, 4.69) is 39.0 Å². The van der Waals surface area contributed by atoms with E-state index in [1.165, 1.54) is 12.0 Å². The molecule has 0 aliphatic rings. The zero-order valence-corrected chi connectivity index (χ0v) is 16.0. The Kier molecular flexibility index (Phi) is 7.17. The fourth-order valence-electron chi connectivity index (χ4n) is 2.86. The third kappa shape index (κ3) is 5.42. The van der Waals surface area contributed by atoms with Crippen LogP contribution in [0.2, 0.25) is 0 Å². The average Bonchev–Trinajstić information content (AvgIpc) is 2.64. The van der Waals surface area contributed by atoms with Crippen LogP contribution in [-0.2, 0) is 6.61 Å². The van der Waals surface area contributed by atoms with Crippen LogP contribution >= 0.6 is 0 Å². The van der Waals surface area contributed by atoms with Crippen LogP contribution in [-0.4, -0.2) is 14.2 Å². The van der Waals surface area contributed by atoms with Crippen LogP contribution in [0.25, 0.3) is 0 Å². The van der Waals surface area contributed by atoms with Crippen molar-refractivity contribution in [3.63, 3.8) is 0 Å². The highest BCUT2D eigenvalue weighted by Crippen LogP contribution is 2.40. The fraction of sp³-hybridized carbons (Fsp3) is 0.455. The summed E-state index contributed by atoms with van der Waals surface area (Å²) >= 11 is 0. The maximum absolute atomic E-state index is 6.16. The maximum atomic E-state index is 6.16. The Hall–Kier alpha value is -2.16. The van der Waals surface area contributed by atoms with Gasteiger partial charge in [-0.1, -0.05) is 57.5 Å². The van der Waals surface area contributed by atoms with Crippen LogP contribution < -0.4 is 14.2 Å². The summed E-state index contributed by atoms with van der Waals surface area (Å²) in [6, 6.07) is 14.2. The molecule has 0 aromatic heterocycles. The molecule has 0 saturated carbocycles. The minimum Gasteiger partial charge on any atom is -0.493 e. The van der Waals surface area contributed by atoms with Gasteiger partial charge in [0.15, 0.2) is 11.5 Å². The minimum absolute atomic E-state index is 0.396. The van der Waals surface area contributed by atoms with Gasteiger partial charge in [-0.2, -0.15) is 0 Å². The molecule has 0 fully saturated rings. The van der Waals surface area contributed by atoms with Crippen molar-refractivity contribution < 1.29 is 14.2 Å². The standard InChI is InChI=1S/C22H30O3/c1-16(2)11-12-17(3)19-13-21(23-4)22(24-5)14-20(19)25-15-18-9-7-6-8-10-18/h6-10,13-14,16-17H,11-12,15H2,1-5H3. The molecule has 136 valence electrons. The van der Waals surface area contributed by atoms with E-state index in [1.54, 1.807) is 14.2 Å². The summed E-state index contributed by atoms with van der Waals surface area (Å²) in [6.07, 6.45) is 2.31. The van der Waals surface area contributed by atoms with E-state index >= 15 is 0 Å². The summed E-state index contributed by atoms with van der Waals surface area (Å²) in [5.41, 5.74) is 2.33. The third-order valence-corrected chi connectivity index (χ3v) is 4.46. The van der Waals surface area contributed by atoms with Crippen LogP contribution in [0.5, 0.6) is 17.2 Å². The van der Waals surface area contributed by atoms with Crippen molar-refractivity contribution in [2.45, 2.75) is 46.1 Å². The van der Waals surface area contributed by atoms with Gasteiger partial charge in [0, 0.05) is 11.6 Å². The molecule has 25 heavy (non-hydrogen) atoms. The van der Waals surface area contributed by atoms with E-state index in [1.807, 2.05) is 24.3 Å². The number of hydrogen-bond acceptors (Lipinski definition) is 3. The lowest BCUT2D eigenvalue weighted by atomic mass is 9.92. The zero-order valence-electron chi connectivity index (χ0n) is 16.0. The van der Waals surface area contributed by atoms with Crippen LogP contribution in [0.4, 0.5) is 0 Å². The van der Waals surface area contributed by atoms with Gasteiger partial charge in [0.05, 0.1) is 14.2 Å². The highest BCUT2D eigenvalue weighted by atomic mass is 16.5. The molecule has 2 aromatic rings. The van der Waals surface area contributed by atoms with E-state index in [4.69, 9.17) is 14.2 Å². The van der Waals surface area contributed by atoms with Crippen LogP contribution in [0.3, 0.4) is 0 Å². The van der Waals surface area contributed by atoms with Crippen molar-refractivity contribution in [2.24, 2.45) is 5.92 Å². The van der Waals surface area contributed by atoms with Crippen molar-refractivity contribution >= 4 is 0 Å². The number of rotatable bonds is 9. The van der Waals surface area contributed by atoms with Crippen molar-refractivity contribution in [1.29, 1.82) is 0 Å². The molecule has 0 aliphatic heterocycles. The molecular formula is C22H30O3. The smallest absolute Gasteiger partial charge is 0.164 e. The summed E-state index contributed by atoms with van der Waals surface area (Å²) in [5.74, 6) is 3.41. The van der Waals surface area contributed by atoms with Crippen molar-refractivity contribution in [3.8, 4) is 17.2 Å². The fourth-order valence-corrected chi connectivity index (χ4v) is 2.86. The van der Waals surface area contributed by atoms with Gasteiger partial charge in [0.2, 0.25) is 0 Å². The van der Waals surface area contributed by atoms with Gasteiger partial charge in [-0.3, -0.25) is 0 Å². The normalized spacial score (nSPS) is 12.1. The second-order valence-corrected chi connectivity index (χ2v) is 6.89. The van der Waals surface area contributed by atoms with Gasteiger partial charge in [-0.05, 0) is 29.9 Å². The SMILES string of the molecule is COc1cc(OCc2ccccc2)c(C(C)CCC(C)C)cc1OC. The topological polar surface area (TPSA) is 27.7 Å². The number of hydrogen-bond donors (Lipinski definition) is 0. The van der Waals surface area contributed by atoms with Crippen LogP contribution in [0.15, 0.2) is 42.5 Å². The van der Waals surface area contributed by atoms with Crippen molar-refractivity contribution in [3.05, 3.63) is 53.6 Å². The number of methoxy groups -OCH3 is 2. The summed E-state index contributed by atoms with van der Waals surface area (Å²) < 4.78 is 17.1. The van der Waals surface area contributed by atoms with E-state index in [0.717, 1.165) is 23.5 Å². The molecule has 0 bridgehead atoms. The number of ether oxygens (including phenoxy) is 3. The maximum Gasteiger partial charge on any atom is 0.164 e. The second kappa shape index (κ2) is 9.36. The second-order valence-electron chi connectivity index (χ2n) is 6.89. The summed E-state index contributed by atoms with van der Waals surface area (Å²) in [5, 5.41) is 0. The predicted molar refractivity (Wildman–Crippen MR) is 103 cm³/mol. The van der Waals surface area contributed by atoms with E-state index in [-0.39, 0.29) is 0 Å². The van der Waals surface area contributed by atoms with Gasteiger partial charge in [-0.15, -0.1) is 0 Å². The molecule has 0 amide bonds. The first-order valence-electron chi connectivity index (χ1n) is 8.97. The molecule has 3 nitrogen and oxygen atoms in total. The van der Waals surface area contributed by atoms with Crippen LogP contribution in [0.1, 0.15) is 50.7 Å². The van der Waals surface area contributed by atoms with Gasteiger partial charge >= 0.3 is 0 Å². The molecule has 0 saturated heterocycles. The summed E-state index contributed by atoms with van der Waals surface area (Å²) in [6.45, 7) is 7.31. The molecule has 3 heteroatoms. The van der Waals surface area contributed by atoms with E-state index < -0.39 is 0 Å². The molecule has 0 N–H and O–H groups in total. The minimum atomic E-state index is 0.396. The lowest BCUT2D eigenvalue weighted by Crippen LogP contribution is -2.04. The van der Waals surface area contributed by atoms with E-state index in [9.17, 15) is 0 Å². The van der Waals surface area contributed by atoms with Gasteiger partial charge in [-0.25, -0.2) is 0 Å². The van der Waals surface area contributed by atoms with Crippen LogP contribution in [0, 0.1) is 5.92 Å². The quantitative estimate of drug-likeness (QED) is 0.574. The average molecular weight is 342 g/mol. The zero-order chi connectivity index (χ0) is 18.2. The number of benzene rings is 2. The van der Waals surface area contributed by atoms with Gasteiger partial charge < -0.3 is 14.2 Å². The summed E-state index contributed by atoms with van der Waals surface area (Å²) in [4.78, 5) is 0. The van der Waals surface area contributed by atoms with Crippen molar-refractivity contribution in [1.82, 2.24) is 0 Å². The first-order valence-corrected chi connectivity index (χ1v) is 8.97. The predicted octanol–water partition coefficient (Wildman–Crippen LogP) is 5.82. The Balaban J connectivity index is 2.27. The largest absolute Gasteiger partial charge is 0.493 e. The van der Waals surface area contributed by atoms with Crippen molar-refractivity contribution in [2.75, 3.05) is 14.2 Å². The van der Waals surface area contributed by atoms with Gasteiger partial charge in [0.1, 0.15) is 12.4 Å². The first kappa shape index (κ1) is 19.2. The Bertz CT molecular complexity index is 650. The molecule has 1 atom stereocenters. The molecule has 0 radical (unpaired) electrons. The Morgan fingerprint density at radius 3 is 2.04 bits per heavy atom. The van der Waals surface area contributed by atoms with E-state index in [0.29, 0.717) is 24.2 Å². The molecular weight excluding hydrogens is 312 g/mol. The molecule has 0 heterocycles. The lowest BCUT2D eigenvalue weighted by Gasteiger charge is -2.20. The molecule has 1 unspecified atom stereocenters. The molecule has 0 aliphatic carbocycles. The molecule has 2 aromatic carbocycles.